The van der Waals surface area contributed by atoms with Crippen molar-refractivity contribution in [2.24, 2.45) is 0 Å². The van der Waals surface area contributed by atoms with E-state index in [4.69, 9.17) is 23.2 Å². The van der Waals surface area contributed by atoms with Crippen LogP contribution in [0, 0.1) is 0 Å². The molecule has 0 heterocycles. The van der Waals surface area contributed by atoms with Crippen molar-refractivity contribution in [3.63, 3.8) is 0 Å². The van der Waals surface area contributed by atoms with Gasteiger partial charge in [-0.3, -0.25) is 4.72 Å². The van der Waals surface area contributed by atoms with Crippen LogP contribution >= 0.6 is 39.1 Å². The summed E-state index contributed by atoms with van der Waals surface area (Å²) in [6.07, 6.45) is 0. The number of para-hydroxylation sites is 1. The van der Waals surface area contributed by atoms with Crippen LogP contribution in [0.5, 0.6) is 0 Å². The maximum atomic E-state index is 12.4. The first-order chi connectivity index (χ1) is 9.85. The third-order valence-corrected chi connectivity index (χ3v) is 5.55. The van der Waals surface area contributed by atoms with Gasteiger partial charge in [0.1, 0.15) is 4.90 Å². The Morgan fingerprint density at radius 2 is 1.81 bits per heavy atom. The SMILES string of the molecule is O=S(=O)(Nc1ccccc1Br)c1cc(CO)c(Cl)cc1Cl. The van der Waals surface area contributed by atoms with Gasteiger partial charge in [0.2, 0.25) is 0 Å². The van der Waals surface area contributed by atoms with Gasteiger partial charge in [-0.2, -0.15) is 0 Å². The zero-order valence-corrected chi connectivity index (χ0v) is 14.4. The molecule has 8 heteroatoms. The summed E-state index contributed by atoms with van der Waals surface area (Å²) in [6.45, 7) is -0.381. The van der Waals surface area contributed by atoms with E-state index in [0.717, 1.165) is 0 Å². The molecular formula is C13H10BrCl2NO3S. The van der Waals surface area contributed by atoms with Crippen molar-refractivity contribution in [1.29, 1.82) is 0 Å². The Labute approximate surface area is 140 Å². The summed E-state index contributed by atoms with van der Waals surface area (Å²) in [6, 6.07) is 9.33. The van der Waals surface area contributed by atoms with Crippen molar-refractivity contribution in [2.45, 2.75) is 11.5 Å². The van der Waals surface area contributed by atoms with Gasteiger partial charge >= 0.3 is 0 Å². The molecule has 0 bridgehead atoms. The average molecular weight is 411 g/mol. The molecule has 0 fully saturated rings. The van der Waals surface area contributed by atoms with E-state index in [1.54, 1.807) is 24.3 Å². The lowest BCUT2D eigenvalue weighted by Crippen LogP contribution is -2.14. The number of rotatable bonds is 4. The molecule has 0 aromatic heterocycles. The first-order valence-corrected chi connectivity index (χ1v) is 8.74. The van der Waals surface area contributed by atoms with Crippen LogP contribution in [0.4, 0.5) is 5.69 Å². The zero-order chi connectivity index (χ0) is 15.6. The first kappa shape index (κ1) is 16.6. The van der Waals surface area contributed by atoms with E-state index in [1.807, 2.05) is 0 Å². The molecule has 0 radical (unpaired) electrons. The second kappa shape index (κ2) is 6.54. The van der Waals surface area contributed by atoms with E-state index < -0.39 is 10.0 Å². The molecular weight excluding hydrogens is 401 g/mol. The van der Waals surface area contributed by atoms with Crippen LogP contribution in [0.2, 0.25) is 10.0 Å². The Morgan fingerprint density at radius 1 is 1.14 bits per heavy atom. The summed E-state index contributed by atoms with van der Waals surface area (Å²) < 4.78 is 27.9. The highest BCUT2D eigenvalue weighted by atomic mass is 79.9. The average Bonchev–Trinajstić information content (AvgIpc) is 2.41. The quantitative estimate of drug-likeness (QED) is 0.798. The predicted octanol–water partition coefficient (Wildman–Crippen LogP) is 4.05. The highest BCUT2D eigenvalue weighted by Gasteiger charge is 2.21. The third kappa shape index (κ3) is 3.70. The number of halogens is 3. The Balaban J connectivity index is 2.47. The molecule has 0 aliphatic heterocycles. The Hall–Kier alpha value is -0.790. The highest BCUT2D eigenvalue weighted by molar-refractivity contribution is 9.10. The molecule has 2 aromatic carbocycles. The van der Waals surface area contributed by atoms with Gasteiger partial charge in [0.05, 0.1) is 17.3 Å². The summed E-state index contributed by atoms with van der Waals surface area (Å²) >= 11 is 15.1. The molecule has 2 N–H and O–H groups in total. The number of hydrogen-bond donors (Lipinski definition) is 2. The van der Waals surface area contributed by atoms with Crippen molar-refractivity contribution in [3.05, 3.63) is 56.5 Å². The number of aliphatic hydroxyl groups is 1. The van der Waals surface area contributed by atoms with Crippen LogP contribution in [-0.2, 0) is 16.6 Å². The van der Waals surface area contributed by atoms with Gasteiger partial charge in [-0.25, -0.2) is 8.42 Å². The lowest BCUT2D eigenvalue weighted by Gasteiger charge is -2.12. The molecule has 0 unspecified atom stereocenters. The van der Waals surface area contributed by atoms with Crippen LogP contribution in [0.25, 0.3) is 0 Å². The fourth-order valence-electron chi connectivity index (χ4n) is 1.64. The monoisotopic (exact) mass is 409 g/mol. The Kier molecular flexibility index (Phi) is 5.16. The summed E-state index contributed by atoms with van der Waals surface area (Å²) in [4.78, 5) is -0.145. The normalized spacial score (nSPS) is 11.4. The number of benzene rings is 2. The summed E-state index contributed by atoms with van der Waals surface area (Å²) in [5, 5.41) is 9.38. The van der Waals surface area contributed by atoms with Crippen molar-refractivity contribution in [3.8, 4) is 0 Å². The van der Waals surface area contributed by atoms with Crippen LogP contribution in [0.15, 0.2) is 45.8 Å². The van der Waals surface area contributed by atoms with Gasteiger partial charge in [-0.15, -0.1) is 0 Å². The van der Waals surface area contributed by atoms with Gasteiger partial charge < -0.3 is 5.11 Å². The summed E-state index contributed by atoms with van der Waals surface area (Å²) in [5.74, 6) is 0. The number of hydrogen-bond acceptors (Lipinski definition) is 3. The van der Waals surface area contributed by atoms with Crippen molar-refractivity contribution in [2.75, 3.05) is 4.72 Å². The molecule has 0 saturated heterocycles. The molecule has 4 nitrogen and oxygen atoms in total. The molecule has 112 valence electrons. The second-order valence-corrected chi connectivity index (χ2v) is 7.44. The molecule has 2 aromatic rings. The molecule has 0 atom stereocenters. The minimum Gasteiger partial charge on any atom is -0.392 e. The van der Waals surface area contributed by atoms with Crippen molar-refractivity contribution >= 4 is 54.8 Å². The van der Waals surface area contributed by atoms with E-state index in [2.05, 4.69) is 20.7 Å². The van der Waals surface area contributed by atoms with Crippen LogP contribution < -0.4 is 4.72 Å². The maximum absolute atomic E-state index is 12.4. The van der Waals surface area contributed by atoms with E-state index in [9.17, 15) is 13.5 Å². The molecule has 0 amide bonds. The molecule has 0 spiro atoms. The minimum atomic E-state index is -3.90. The van der Waals surface area contributed by atoms with Crippen LogP contribution in [-0.4, -0.2) is 13.5 Å². The van der Waals surface area contributed by atoms with E-state index in [1.165, 1.54) is 12.1 Å². The molecule has 2 rings (SSSR count). The molecule has 21 heavy (non-hydrogen) atoms. The molecule has 0 aliphatic rings. The Morgan fingerprint density at radius 3 is 2.43 bits per heavy atom. The fraction of sp³-hybridized carbons (Fsp3) is 0.0769. The van der Waals surface area contributed by atoms with Gasteiger partial charge in [-0.05, 0) is 45.8 Å². The fourth-order valence-corrected chi connectivity index (χ4v) is 4.10. The van der Waals surface area contributed by atoms with Gasteiger partial charge in [0.15, 0.2) is 0 Å². The predicted molar refractivity (Wildman–Crippen MR) is 87.3 cm³/mol. The number of anilines is 1. The zero-order valence-electron chi connectivity index (χ0n) is 10.5. The topological polar surface area (TPSA) is 66.4 Å². The summed E-state index contributed by atoms with van der Waals surface area (Å²) in [7, 11) is -3.90. The van der Waals surface area contributed by atoms with E-state index in [0.29, 0.717) is 10.2 Å². The van der Waals surface area contributed by atoms with Gasteiger partial charge in [0, 0.05) is 9.50 Å². The first-order valence-electron chi connectivity index (χ1n) is 5.71. The standard InChI is InChI=1S/C13H10BrCl2NO3S/c14-9-3-1-2-4-12(9)17-21(19,20)13-5-8(7-18)10(15)6-11(13)16/h1-6,17-18H,7H2. The van der Waals surface area contributed by atoms with E-state index in [-0.39, 0.29) is 27.1 Å². The van der Waals surface area contributed by atoms with Gasteiger partial charge in [0.25, 0.3) is 10.0 Å². The number of nitrogens with one attached hydrogen (secondary N) is 1. The maximum Gasteiger partial charge on any atom is 0.263 e. The van der Waals surface area contributed by atoms with Crippen LogP contribution in [0.3, 0.4) is 0 Å². The smallest absolute Gasteiger partial charge is 0.263 e. The number of sulfonamides is 1. The molecule has 0 saturated carbocycles. The molecule has 0 aliphatic carbocycles. The second-order valence-electron chi connectivity index (χ2n) is 4.12. The largest absolute Gasteiger partial charge is 0.392 e. The van der Waals surface area contributed by atoms with Crippen LogP contribution in [0.1, 0.15) is 5.56 Å². The van der Waals surface area contributed by atoms with E-state index >= 15 is 0 Å². The lowest BCUT2D eigenvalue weighted by atomic mass is 10.2. The Bertz CT molecular complexity index is 781. The van der Waals surface area contributed by atoms with Gasteiger partial charge in [-0.1, -0.05) is 35.3 Å². The van der Waals surface area contributed by atoms with Crippen molar-refractivity contribution < 1.29 is 13.5 Å². The highest BCUT2D eigenvalue weighted by Crippen LogP contribution is 2.31. The third-order valence-electron chi connectivity index (χ3n) is 2.68. The lowest BCUT2D eigenvalue weighted by molar-refractivity contribution is 0.281. The summed E-state index contributed by atoms with van der Waals surface area (Å²) in [5.41, 5.74) is 0.669. The van der Waals surface area contributed by atoms with Crippen molar-refractivity contribution in [1.82, 2.24) is 0 Å². The minimum absolute atomic E-state index is 0.0169. The number of aliphatic hydroxyl groups excluding tert-OH is 1.